The summed E-state index contributed by atoms with van der Waals surface area (Å²) in [5.41, 5.74) is 1.52. The monoisotopic (exact) mass is 241 g/mol. The van der Waals surface area contributed by atoms with E-state index in [1.54, 1.807) is 24.3 Å². The lowest BCUT2D eigenvalue weighted by atomic mass is 10.1. The molecule has 1 atom stereocenters. The number of carboxylic acid groups (broad SMARTS) is 1. The van der Waals surface area contributed by atoms with Gasteiger partial charge in [-0.2, -0.15) is 0 Å². The number of hydrogen-bond donors (Lipinski definition) is 0. The van der Waals surface area contributed by atoms with Gasteiger partial charge in [0.25, 0.3) is 0 Å². The predicted molar refractivity (Wildman–Crippen MR) is 65.4 cm³/mol. The van der Waals surface area contributed by atoms with Gasteiger partial charge in [0, 0.05) is 0 Å². The molecule has 0 aliphatic heterocycles. The summed E-state index contributed by atoms with van der Waals surface area (Å²) < 4.78 is 5.41. The first-order valence-corrected chi connectivity index (χ1v) is 5.68. The molecular weight excluding hydrogens is 228 g/mol. The van der Waals surface area contributed by atoms with E-state index in [9.17, 15) is 9.90 Å². The van der Waals surface area contributed by atoms with Crippen LogP contribution in [0.4, 0.5) is 0 Å². The summed E-state index contributed by atoms with van der Waals surface area (Å²) in [6, 6.07) is 18.2. The molecule has 0 amide bonds. The number of carboxylic acids is 1. The van der Waals surface area contributed by atoms with Crippen molar-refractivity contribution in [2.45, 2.75) is 12.7 Å². The van der Waals surface area contributed by atoms with Crippen LogP contribution in [0.25, 0.3) is 0 Å². The molecule has 0 aromatic heterocycles. The second kappa shape index (κ2) is 5.98. The second-order valence-electron chi connectivity index (χ2n) is 3.91. The van der Waals surface area contributed by atoms with Crippen molar-refractivity contribution in [1.29, 1.82) is 0 Å². The van der Waals surface area contributed by atoms with E-state index in [-0.39, 0.29) is 6.61 Å². The fourth-order valence-electron chi connectivity index (χ4n) is 1.68. The van der Waals surface area contributed by atoms with Gasteiger partial charge in [0.05, 0.1) is 12.6 Å². The Morgan fingerprint density at radius 2 is 1.56 bits per heavy atom. The van der Waals surface area contributed by atoms with Crippen LogP contribution < -0.4 is 5.11 Å². The standard InChI is InChI=1S/C15H14O3/c16-15(17)14(13-9-5-2-6-10-13)18-11-12-7-3-1-4-8-12/h1-10,14H,11H2,(H,16,17)/p-1/t14-/m1/s1. The van der Waals surface area contributed by atoms with Crippen LogP contribution in [0.2, 0.25) is 0 Å². The summed E-state index contributed by atoms with van der Waals surface area (Å²) in [6.45, 7) is 0.244. The molecule has 18 heavy (non-hydrogen) atoms. The lowest BCUT2D eigenvalue weighted by molar-refractivity contribution is -0.318. The van der Waals surface area contributed by atoms with E-state index in [1.807, 2.05) is 36.4 Å². The first kappa shape index (κ1) is 12.3. The molecule has 0 heterocycles. The van der Waals surface area contributed by atoms with Crippen molar-refractivity contribution in [2.75, 3.05) is 0 Å². The van der Waals surface area contributed by atoms with E-state index < -0.39 is 12.1 Å². The third kappa shape index (κ3) is 3.18. The third-order valence-corrected chi connectivity index (χ3v) is 2.58. The Labute approximate surface area is 106 Å². The smallest absolute Gasteiger partial charge is 0.122 e. The van der Waals surface area contributed by atoms with Gasteiger partial charge < -0.3 is 14.6 Å². The minimum absolute atomic E-state index is 0.244. The minimum Gasteiger partial charge on any atom is -0.547 e. The van der Waals surface area contributed by atoms with Crippen molar-refractivity contribution in [2.24, 2.45) is 0 Å². The largest absolute Gasteiger partial charge is 0.547 e. The van der Waals surface area contributed by atoms with Crippen LogP contribution in [0.15, 0.2) is 60.7 Å². The van der Waals surface area contributed by atoms with Gasteiger partial charge in [-0.3, -0.25) is 0 Å². The molecule has 0 unspecified atom stereocenters. The lowest BCUT2D eigenvalue weighted by Gasteiger charge is -2.19. The van der Waals surface area contributed by atoms with Crippen molar-refractivity contribution in [3.05, 3.63) is 71.8 Å². The van der Waals surface area contributed by atoms with Crippen LogP contribution >= 0.6 is 0 Å². The average molecular weight is 241 g/mol. The van der Waals surface area contributed by atoms with Gasteiger partial charge in [-0.1, -0.05) is 60.7 Å². The maximum absolute atomic E-state index is 11.1. The Bertz CT molecular complexity index is 494. The number of rotatable bonds is 5. The molecule has 92 valence electrons. The fourth-order valence-corrected chi connectivity index (χ4v) is 1.68. The molecule has 3 nitrogen and oxygen atoms in total. The highest BCUT2D eigenvalue weighted by Crippen LogP contribution is 2.18. The minimum atomic E-state index is -1.22. The van der Waals surface area contributed by atoms with Crippen LogP contribution in [-0.2, 0) is 16.1 Å². The zero-order chi connectivity index (χ0) is 12.8. The molecule has 2 aromatic rings. The van der Waals surface area contributed by atoms with Crippen LogP contribution in [0.1, 0.15) is 17.2 Å². The Kier molecular flexibility index (Phi) is 4.10. The highest BCUT2D eigenvalue weighted by atomic mass is 16.5. The molecule has 2 rings (SSSR count). The van der Waals surface area contributed by atoms with Crippen LogP contribution in [0, 0.1) is 0 Å². The molecule has 3 heteroatoms. The fraction of sp³-hybridized carbons (Fsp3) is 0.133. The molecule has 0 saturated carbocycles. The van der Waals surface area contributed by atoms with Crippen molar-refractivity contribution < 1.29 is 14.6 Å². The molecule has 0 N–H and O–H groups in total. The second-order valence-corrected chi connectivity index (χ2v) is 3.91. The zero-order valence-electron chi connectivity index (χ0n) is 9.78. The topological polar surface area (TPSA) is 49.4 Å². The molecular formula is C15H13O3-. The molecule has 0 aliphatic carbocycles. The maximum atomic E-state index is 11.1. The summed E-state index contributed by atoms with van der Waals surface area (Å²) in [6.07, 6.45) is -1.04. The Morgan fingerprint density at radius 3 is 2.11 bits per heavy atom. The van der Waals surface area contributed by atoms with Crippen LogP contribution in [0.3, 0.4) is 0 Å². The van der Waals surface area contributed by atoms with E-state index in [2.05, 4.69) is 0 Å². The normalized spacial score (nSPS) is 12.0. The van der Waals surface area contributed by atoms with Gasteiger partial charge in [0.1, 0.15) is 6.10 Å². The number of benzene rings is 2. The van der Waals surface area contributed by atoms with Crippen LogP contribution in [-0.4, -0.2) is 5.97 Å². The van der Waals surface area contributed by atoms with Gasteiger partial charge in [0.15, 0.2) is 0 Å². The summed E-state index contributed by atoms with van der Waals surface area (Å²) in [5.74, 6) is -1.22. The molecule has 0 saturated heterocycles. The van der Waals surface area contributed by atoms with Crippen molar-refractivity contribution in [3.63, 3.8) is 0 Å². The van der Waals surface area contributed by atoms with Crippen molar-refractivity contribution in [3.8, 4) is 0 Å². The molecule has 0 aliphatic rings. The summed E-state index contributed by atoms with van der Waals surface area (Å²) in [5, 5.41) is 11.1. The van der Waals surface area contributed by atoms with E-state index >= 15 is 0 Å². The number of aliphatic carboxylic acids is 1. The van der Waals surface area contributed by atoms with Gasteiger partial charge in [-0.05, 0) is 11.1 Å². The molecule has 2 aromatic carbocycles. The highest BCUT2D eigenvalue weighted by molar-refractivity contribution is 5.72. The Hall–Kier alpha value is -2.13. The third-order valence-electron chi connectivity index (χ3n) is 2.58. The molecule has 0 radical (unpaired) electrons. The Balaban J connectivity index is 2.06. The zero-order valence-corrected chi connectivity index (χ0v) is 9.78. The number of carbonyl (C=O) groups excluding carboxylic acids is 1. The van der Waals surface area contributed by atoms with Gasteiger partial charge in [0.2, 0.25) is 0 Å². The van der Waals surface area contributed by atoms with Crippen molar-refractivity contribution >= 4 is 5.97 Å². The van der Waals surface area contributed by atoms with E-state index in [0.29, 0.717) is 5.56 Å². The average Bonchev–Trinajstić information content (AvgIpc) is 2.41. The highest BCUT2D eigenvalue weighted by Gasteiger charge is 2.12. The lowest BCUT2D eigenvalue weighted by Crippen LogP contribution is -2.31. The van der Waals surface area contributed by atoms with E-state index in [1.165, 1.54) is 0 Å². The molecule has 0 spiro atoms. The summed E-state index contributed by atoms with van der Waals surface area (Å²) >= 11 is 0. The summed E-state index contributed by atoms with van der Waals surface area (Å²) in [7, 11) is 0. The molecule has 0 fully saturated rings. The maximum Gasteiger partial charge on any atom is 0.122 e. The predicted octanol–water partition coefficient (Wildman–Crippen LogP) is 1.69. The van der Waals surface area contributed by atoms with E-state index in [0.717, 1.165) is 5.56 Å². The number of hydrogen-bond acceptors (Lipinski definition) is 3. The summed E-state index contributed by atoms with van der Waals surface area (Å²) in [4.78, 5) is 11.1. The number of carbonyl (C=O) groups is 1. The number of ether oxygens (including phenoxy) is 1. The van der Waals surface area contributed by atoms with Gasteiger partial charge in [-0.25, -0.2) is 0 Å². The quantitative estimate of drug-likeness (QED) is 0.800. The SMILES string of the molecule is O=C([O-])[C@H](OCc1ccccc1)c1ccccc1. The van der Waals surface area contributed by atoms with E-state index in [4.69, 9.17) is 4.74 Å². The van der Waals surface area contributed by atoms with Gasteiger partial charge >= 0.3 is 0 Å². The van der Waals surface area contributed by atoms with Crippen molar-refractivity contribution in [1.82, 2.24) is 0 Å². The Morgan fingerprint density at radius 1 is 1.00 bits per heavy atom. The molecule has 0 bridgehead atoms. The van der Waals surface area contributed by atoms with Crippen LogP contribution in [0.5, 0.6) is 0 Å². The first-order chi connectivity index (χ1) is 8.77. The van der Waals surface area contributed by atoms with Gasteiger partial charge in [-0.15, -0.1) is 0 Å². The first-order valence-electron chi connectivity index (χ1n) is 5.68.